The lowest BCUT2D eigenvalue weighted by atomic mass is 9.85. The van der Waals surface area contributed by atoms with Crippen LogP contribution in [0.2, 0.25) is 0 Å². The second kappa shape index (κ2) is 10.5. The van der Waals surface area contributed by atoms with Crippen LogP contribution in [0.15, 0.2) is 95.3 Å². The molecule has 0 bridgehead atoms. The number of nitrogens with zero attached hydrogens (tertiary/aromatic N) is 3. The van der Waals surface area contributed by atoms with Crippen LogP contribution in [-0.4, -0.2) is 20.7 Å². The van der Waals surface area contributed by atoms with E-state index in [0.29, 0.717) is 16.7 Å². The minimum Gasteiger partial charge on any atom is -0.328 e. The van der Waals surface area contributed by atoms with E-state index in [1.54, 1.807) is 11.8 Å². The van der Waals surface area contributed by atoms with Gasteiger partial charge in [0.05, 0.1) is 5.57 Å². The fraction of sp³-hybridized carbons (Fsp3) is 0.258. The van der Waals surface area contributed by atoms with E-state index in [0.717, 1.165) is 28.3 Å². The Morgan fingerprint density at radius 2 is 1.74 bits per heavy atom. The highest BCUT2D eigenvalue weighted by Crippen LogP contribution is 2.38. The highest BCUT2D eigenvalue weighted by Gasteiger charge is 2.34. The molecular formula is C31H33N5OS. The van der Waals surface area contributed by atoms with Crippen LogP contribution in [0.25, 0.3) is 0 Å². The molecule has 0 aliphatic carbocycles. The summed E-state index contributed by atoms with van der Waals surface area (Å²) >= 11 is 1.58. The number of anilines is 2. The first kappa shape index (κ1) is 25.8. The summed E-state index contributed by atoms with van der Waals surface area (Å²) in [5, 5.41) is 12.0. The second-order valence-corrected chi connectivity index (χ2v) is 11.6. The maximum Gasteiger partial charge on any atom is 0.255 e. The zero-order chi connectivity index (χ0) is 26.9. The number of hydrogen-bond donors (Lipinski definition) is 2. The number of amides is 1. The first-order chi connectivity index (χ1) is 18.2. The van der Waals surface area contributed by atoms with Gasteiger partial charge >= 0.3 is 0 Å². The molecule has 1 aromatic heterocycles. The van der Waals surface area contributed by atoms with Gasteiger partial charge in [-0.15, -0.1) is 5.10 Å². The molecule has 0 radical (unpaired) electrons. The average molecular weight is 524 g/mol. The number of fused-ring (bicyclic) bond motifs is 1. The van der Waals surface area contributed by atoms with Gasteiger partial charge in [-0.05, 0) is 53.6 Å². The van der Waals surface area contributed by atoms with E-state index in [9.17, 15) is 4.79 Å². The SMILES string of the molecule is CC1=C(C(=O)Nc2cccc(C)c2)C(c2ccc(C(C)(C)C)cc2)n2nc(SCc3ccccc3)nc2N1. The van der Waals surface area contributed by atoms with Crippen LogP contribution in [0.4, 0.5) is 11.6 Å². The molecule has 0 spiro atoms. The fourth-order valence-electron chi connectivity index (χ4n) is 4.60. The van der Waals surface area contributed by atoms with Gasteiger partial charge in [-0.25, -0.2) is 4.68 Å². The van der Waals surface area contributed by atoms with Gasteiger partial charge in [-0.1, -0.05) is 99.3 Å². The van der Waals surface area contributed by atoms with E-state index in [4.69, 9.17) is 10.1 Å². The predicted octanol–water partition coefficient (Wildman–Crippen LogP) is 7.10. The summed E-state index contributed by atoms with van der Waals surface area (Å²) in [6.45, 7) is 10.5. The monoisotopic (exact) mass is 523 g/mol. The van der Waals surface area contributed by atoms with Crippen molar-refractivity contribution in [2.75, 3.05) is 10.6 Å². The van der Waals surface area contributed by atoms with Crippen LogP contribution in [-0.2, 0) is 16.0 Å². The van der Waals surface area contributed by atoms with Gasteiger partial charge in [-0.3, -0.25) is 4.79 Å². The van der Waals surface area contributed by atoms with E-state index in [-0.39, 0.29) is 11.3 Å². The Bertz CT molecular complexity index is 1480. The average Bonchev–Trinajstić information content (AvgIpc) is 3.29. The third-order valence-corrected chi connectivity index (χ3v) is 7.57. The van der Waals surface area contributed by atoms with Crippen LogP contribution < -0.4 is 10.6 Å². The molecule has 3 aromatic carbocycles. The van der Waals surface area contributed by atoms with Gasteiger partial charge in [0.2, 0.25) is 11.1 Å². The summed E-state index contributed by atoms with van der Waals surface area (Å²) in [6.07, 6.45) is 0. The fourth-order valence-corrected chi connectivity index (χ4v) is 5.39. The van der Waals surface area contributed by atoms with Gasteiger partial charge in [0.15, 0.2) is 0 Å². The molecule has 7 heteroatoms. The Morgan fingerprint density at radius 1 is 1.00 bits per heavy atom. The van der Waals surface area contributed by atoms with Crippen LogP contribution in [0, 0.1) is 6.92 Å². The van der Waals surface area contributed by atoms with Crippen molar-refractivity contribution in [3.8, 4) is 0 Å². The number of hydrogen-bond acceptors (Lipinski definition) is 5. The molecule has 0 fully saturated rings. The Morgan fingerprint density at radius 3 is 2.42 bits per heavy atom. The minimum absolute atomic E-state index is 0.0312. The number of carbonyl (C=O) groups excluding carboxylic acids is 1. The molecule has 2 N–H and O–H groups in total. The van der Waals surface area contributed by atoms with Crippen LogP contribution in [0.3, 0.4) is 0 Å². The molecule has 38 heavy (non-hydrogen) atoms. The lowest BCUT2D eigenvalue weighted by molar-refractivity contribution is -0.113. The van der Waals surface area contributed by atoms with E-state index in [1.807, 2.05) is 61.0 Å². The summed E-state index contributed by atoms with van der Waals surface area (Å²) in [4.78, 5) is 18.5. The number of thioether (sulfide) groups is 1. The number of rotatable bonds is 6. The van der Waals surface area contributed by atoms with Crippen LogP contribution in [0.1, 0.15) is 56.0 Å². The van der Waals surface area contributed by atoms with E-state index < -0.39 is 6.04 Å². The molecule has 1 aliphatic rings. The normalized spacial score (nSPS) is 15.1. The lowest BCUT2D eigenvalue weighted by Gasteiger charge is -2.29. The molecular weight excluding hydrogens is 490 g/mol. The van der Waals surface area contributed by atoms with Crippen molar-refractivity contribution in [3.63, 3.8) is 0 Å². The Hall–Kier alpha value is -3.84. The molecule has 2 heterocycles. The molecule has 1 amide bonds. The number of aromatic nitrogens is 3. The molecule has 1 unspecified atom stereocenters. The van der Waals surface area contributed by atoms with Gasteiger partial charge in [0.25, 0.3) is 5.91 Å². The molecule has 0 saturated carbocycles. The predicted molar refractivity (Wildman–Crippen MR) is 155 cm³/mol. The first-order valence-corrected chi connectivity index (χ1v) is 13.8. The molecule has 4 aromatic rings. The number of nitrogens with one attached hydrogen (secondary N) is 2. The molecule has 194 valence electrons. The second-order valence-electron chi connectivity index (χ2n) is 10.7. The maximum absolute atomic E-state index is 13.8. The van der Waals surface area contributed by atoms with E-state index >= 15 is 0 Å². The zero-order valence-electron chi connectivity index (χ0n) is 22.4. The Kier molecular flexibility index (Phi) is 7.13. The lowest BCUT2D eigenvalue weighted by Crippen LogP contribution is -2.31. The van der Waals surface area contributed by atoms with Crippen molar-refractivity contribution in [2.45, 2.75) is 57.0 Å². The Labute approximate surface area is 228 Å². The topological polar surface area (TPSA) is 71.8 Å². The highest BCUT2D eigenvalue weighted by atomic mass is 32.2. The maximum atomic E-state index is 13.8. The minimum atomic E-state index is -0.413. The first-order valence-electron chi connectivity index (χ1n) is 12.8. The van der Waals surface area contributed by atoms with Crippen molar-refractivity contribution in [2.24, 2.45) is 0 Å². The summed E-state index contributed by atoms with van der Waals surface area (Å²) in [7, 11) is 0. The van der Waals surface area contributed by atoms with E-state index in [1.165, 1.54) is 11.1 Å². The van der Waals surface area contributed by atoms with E-state index in [2.05, 4.69) is 67.8 Å². The molecule has 6 nitrogen and oxygen atoms in total. The summed E-state index contributed by atoms with van der Waals surface area (Å²) in [6, 6.07) is 26.2. The Balaban J connectivity index is 1.51. The van der Waals surface area contributed by atoms with Gasteiger partial charge in [-0.2, -0.15) is 4.98 Å². The third kappa shape index (κ3) is 5.53. The van der Waals surface area contributed by atoms with Crippen molar-refractivity contribution in [3.05, 3.63) is 112 Å². The molecule has 5 rings (SSSR count). The highest BCUT2D eigenvalue weighted by molar-refractivity contribution is 7.98. The van der Waals surface area contributed by atoms with Crippen LogP contribution in [0.5, 0.6) is 0 Å². The summed E-state index contributed by atoms with van der Waals surface area (Å²) in [5.74, 6) is 1.24. The zero-order valence-corrected chi connectivity index (χ0v) is 23.3. The summed E-state index contributed by atoms with van der Waals surface area (Å²) < 4.78 is 1.84. The van der Waals surface area contributed by atoms with Crippen molar-refractivity contribution in [1.29, 1.82) is 0 Å². The molecule has 1 aliphatic heterocycles. The largest absolute Gasteiger partial charge is 0.328 e. The van der Waals surface area contributed by atoms with Gasteiger partial charge in [0.1, 0.15) is 6.04 Å². The number of carbonyl (C=O) groups is 1. The number of allylic oxidation sites excluding steroid dienone is 1. The number of benzene rings is 3. The quantitative estimate of drug-likeness (QED) is 0.264. The molecule has 1 atom stereocenters. The van der Waals surface area contributed by atoms with Crippen LogP contribution >= 0.6 is 11.8 Å². The smallest absolute Gasteiger partial charge is 0.255 e. The summed E-state index contributed by atoms with van der Waals surface area (Å²) in [5.41, 5.74) is 6.69. The third-order valence-electron chi connectivity index (χ3n) is 6.66. The van der Waals surface area contributed by atoms with Gasteiger partial charge < -0.3 is 10.6 Å². The number of aryl methyl sites for hydroxylation is 1. The van der Waals surface area contributed by atoms with Crippen molar-refractivity contribution >= 4 is 29.3 Å². The standard InChI is InChI=1S/C31H33N5OS/c1-20-10-9-13-25(18-20)33-28(37)26-21(2)32-29-34-30(38-19-22-11-7-6-8-12-22)35-36(29)27(26)23-14-16-24(17-15-23)31(3,4)5/h6-18,27H,19H2,1-5H3,(H,33,37)(H,32,34,35). The van der Waals surface area contributed by atoms with Crippen molar-refractivity contribution in [1.82, 2.24) is 14.8 Å². The van der Waals surface area contributed by atoms with Crippen molar-refractivity contribution < 1.29 is 4.79 Å². The molecule has 0 saturated heterocycles. The van der Waals surface area contributed by atoms with Gasteiger partial charge in [0, 0.05) is 17.1 Å².